The standard InChI is InChI=1S/C20H20N4OS/c1-2-14-5-3-4-6-17(14)23-19(25)22-16-9-7-15(8-10-16)18-13-26-20-21-11-12-24(18)20/h3-10,13H,2,11-12H2,1H3,(H2,22,23,25). The Labute approximate surface area is 157 Å². The van der Waals surface area contributed by atoms with Gasteiger partial charge in [-0.05, 0) is 35.7 Å². The molecular weight excluding hydrogens is 344 g/mol. The number of aliphatic imine (C=N–C) groups is 1. The van der Waals surface area contributed by atoms with Gasteiger partial charge in [0.2, 0.25) is 0 Å². The van der Waals surface area contributed by atoms with Crippen LogP contribution in [-0.2, 0) is 6.42 Å². The zero-order valence-electron chi connectivity index (χ0n) is 14.5. The molecule has 6 heteroatoms. The van der Waals surface area contributed by atoms with Gasteiger partial charge in [-0.3, -0.25) is 4.99 Å². The van der Waals surface area contributed by atoms with Crippen LogP contribution < -0.4 is 10.6 Å². The molecule has 0 atom stereocenters. The Morgan fingerprint density at radius 1 is 1.15 bits per heavy atom. The van der Waals surface area contributed by atoms with E-state index in [-0.39, 0.29) is 6.03 Å². The molecule has 5 nitrogen and oxygen atoms in total. The van der Waals surface area contributed by atoms with Crippen LogP contribution in [0.3, 0.4) is 0 Å². The fraction of sp³-hybridized carbons (Fsp3) is 0.200. The lowest BCUT2D eigenvalue weighted by molar-refractivity contribution is 0.262. The first-order chi connectivity index (χ1) is 12.7. The van der Waals surface area contributed by atoms with Gasteiger partial charge in [0.05, 0.1) is 12.2 Å². The Balaban J connectivity index is 1.41. The first kappa shape index (κ1) is 16.7. The third-order valence-corrected chi connectivity index (χ3v) is 5.35. The number of fused-ring (bicyclic) bond motifs is 1. The number of amides is 2. The first-order valence-electron chi connectivity index (χ1n) is 8.70. The molecule has 2 aliphatic rings. The lowest BCUT2D eigenvalue weighted by Gasteiger charge is -2.17. The summed E-state index contributed by atoms with van der Waals surface area (Å²) in [5.41, 5.74) is 5.04. The normalized spacial score (nSPS) is 15.3. The zero-order chi connectivity index (χ0) is 17.9. The number of benzene rings is 2. The maximum absolute atomic E-state index is 12.3. The van der Waals surface area contributed by atoms with Gasteiger partial charge in [0.25, 0.3) is 0 Å². The van der Waals surface area contributed by atoms with Crippen molar-refractivity contribution < 1.29 is 4.79 Å². The van der Waals surface area contributed by atoms with Crippen molar-refractivity contribution in [2.24, 2.45) is 4.99 Å². The third kappa shape index (κ3) is 3.32. The van der Waals surface area contributed by atoms with E-state index in [4.69, 9.17) is 0 Å². The second kappa shape index (κ2) is 7.25. The summed E-state index contributed by atoms with van der Waals surface area (Å²) in [6.07, 6.45) is 0.875. The Hall–Kier alpha value is -2.73. The zero-order valence-corrected chi connectivity index (χ0v) is 15.3. The van der Waals surface area contributed by atoms with E-state index in [1.807, 2.05) is 48.5 Å². The average Bonchev–Trinajstić information content (AvgIpc) is 3.26. The minimum absolute atomic E-state index is 0.233. The maximum Gasteiger partial charge on any atom is 0.323 e. The van der Waals surface area contributed by atoms with Crippen LogP contribution in [0.1, 0.15) is 18.1 Å². The van der Waals surface area contributed by atoms with Crippen molar-refractivity contribution in [3.8, 4) is 0 Å². The van der Waals surface area contributed by atoms with Gasteiger partial charge >= 0.3 is 6.03 Å². The van der Waals surface area contributed by atoms with Gasteiger partial charge in [-0.15, -0.1) is 0 Å². The quantitative estimate of drug-likeness (QED) is 0.833. The van der Waals surface area contributed by atoms with E-state index in [2.05, 4.69) is 32.9 Å². The van der Waals surface area contributed by atoms with Crippen LogP contribution in [0.5, 0.6) is 0 Å². The van der Waals surface area contributed by atoms with Gasteiger partial charge in [-0.2, -0.15) is 0 Å². The molecule has 0 aromatic heterocycles. The molecule has 0 unspecified atom stereocenters. The lowest BCUT2D eigenvalue weighted by Crippen LogP contribution is -2.21. The summed E-state index contributed by atoms with van der Waals surface area (Å²) in [5, 5.41) is 9.03. The van der Waals surface area contributed by atoms with Crippen LogP contribution in [0.4, 0.5) is 16.2 Å². The number of rotatable bonds is 4. The van der Waals surface area contributed by atoms with E-state index in [0.29, 0.717) is 0 Å². The summed E-state index contributed by atoms with van der Waals surface area (Å²) in [7, 11) is 0. The number of hydrogen-bond acceptors (Lipinski definition) is 4. The van der Waals surface area contributed by atoms with Crippen molar-refractivity contribution in [3.63, 3.8) is 0 Å². The number of carbonyl (C=O) groups excluding carboxylic acids is 1. The van der Waals surface area contributed by atoms with Crippen molar-refractivity contribution in [3.05, 3.63) is 65.1 Å². The molecular formula is C20H20N4OS. The van der Waals surface area contributed by atoms with E-state index in [1.165, 1.54) is 5.70 Å². The number of thioether (sulfide) groups is 1. The summed E-state index contributed by atoms with van der Waals surface area (Å²) < 4.78 is 0. The number of aryl methyl sites for hydroxylation is 1. The molecule has 0 radical (unpaired) electrons. The minimum Gasteiger partial charge on any atom is -0.318 e. The highest BCUT2D eigenvalue weighted by atomic mass is 32.2. The number of para-hydroxylation sites is 1. The van der Waals surface area contributed by atoms with E-state index >= 15 is 0 Å². The number of carbonyl (C=O) groups is 1. The van der Waals surface area contributed by atoms with E-state index < -0.39 is 0 Å². The monoisotopic (exact) mass is 364 g/mol. The fourth-order valence-electron chi connectivity index (χ4n) is 3.11. The van der Waals surface area contributed by atoms with Gasteiger partial charge < -0.3 is 15.5 Å². The largest absolute Gasteiger partial charge is 0.323 e. The van der Waals surface area contributed by atoms with Gasteiger partial charge in [-0.25, -0.2) is 4.79 Å². The van der Waals surface area contributed by atoms with Gasteiger partial charge in [0.1, 0.15) is 0 Å². The van der Waals surface area contributed by atoms with Crippen molar-refractivity contribution in [2.45, 2.75) is 13.3 Å². The molecule has 4 rings (SSSR count). The predicted molar refractivity (Wildman–Crippen MR) is 109 cm³/mol. The number of hydrogen-bond donors (Lipinski definition) is 2. The summed E-state index contributed by atoms with van der Waals surface area (Å²) in [5.74, 6) is 0. The smallest absolute Gasteiger partial charge is 0.318 e. The summed E-state index contributed by atoms with van der Waals surface area (Å²) >= 11 is 1.67. The highest BCUT2D eigenvalue weighted by Gasteiger charge is 2.26. The Morgan fingerprint density at radius 2 is 1.96 bits per heavy atom. The van der Waals surface area contributed by atoms with Crippen LogP contribution in [0.25, 0.3) is 5.70 Å². The molecule has 0 bridgehead atoms. The fourth-order valence-corrected chi connectivity index (χ4v) is 4.07. The number of amidine groups is 1. The summed E-state index contributed by atoms with van der Waals surface area (Å²) in [6.45, 7) is 3.87. The molecule has 2 aliphatic heterocycles. The molecule has 132 valence electrons. The predicted octanol–water partition coefficient (Wildman–Crippen LogP) is 4.61. The second-order valence-electron chi connectivity index (χ2n) is 6.10. The molecule has 0 fully saturated rings. The first-order valence-corrected chi connectivity index (χ1v) is 9.57. The highest BCUT2D eigenvalue weighted by Crippen LogP contribution is 2.35. The number of nitrogens with zero attached hydrogens (tertiary/aromatic N) is 2. The minimum atomic E-state index is -0.233. The van der Waals surface area contributed by atoms with Crippen molar-refractivity contribution in [1.29, 1.82) is 0 Å². The van der Waals surface area contributed by atoms with Gasteiger partial charge in [0, 0.05) is 23.3 Å². The van der Waals surface area contributed by atoms with E-state index in [1.54, 1.807) is 11.8 Å². The molecule has 2 aromatic rings. The number of urea groups is 1. The van der Waals surface area contributed by atoms with Crippen LogP contribution in [0.15, 0.2) is 58.9 Å². The Morgan fingerprint density at radius 3 is 2.77 bits per heavy atom. The molecule has 0 saturated carbocycles. The number of anilines is 2. The molecule has 2 N–H and O–H groups in total. The second-order valence-corrected chi connectivity index (χ2v) is 6.94. The third-order valence-electron chi connectivity index (χ3n) is 4.45. The molecule has 2 heterocycles. The average molecular weight is 364 g/mol. The Kier molecular flexibility index (Phi) is 4.67. The maximum atomic E-state index is 12.3. The van der Waals surface area contributed by atoms with Crippen LogP contribution >= 0.6 is 11.8 Å². The lowest BCUT2D eigenvalue weighted by atomic mass is 10.1. The molecule has 2 amide bonds. The topological polar surface area (TPSA) is 56.7 Å². The number of nitrogens with one attached hydrogen (secondary N) is 2. The summed E-state index contributed by atoms with van der Waals surface area (Å²) in [6, 6.07) is 15.5. The molecule has 2 aromatic carbocycles. The highest BCUT2D eigenvalue weighted by molar-refractivity contribution is 8.16. The van der Waals surface area contributed by atoms with Crippen LogP contribution in [0, 0.1) is 0 Å². The molecule has 0 aliphatic carbocycles. The van der Waals surface area contributed by atoms with E-state index in [9.17, 15) is 4.79 Å². The molecule has 26 heavy (non-hydrogen) atoms. The van der Waals surface area contributed by atoms with E-state index in [0.717, 1.165) is 47.2 Å². The van der Waals surface area contributed by atoms with Crippen molar-refractivity contribution in [2.75, 3.05) is 23.7 Å². The van der Waals surface area contributed by atoms with Crippen molar-refractivity contribution in [1.82, 2.24) is 4.90 Å². The molecule has 0 saturated heterocycles. The van der Waals surface area contributed by atoms with Crippen LogP contribution in [0.2, 0.25) is 0 Å². The van der Waals surface area contributed by atoms with Gasteiger partial charge in [0.15, 0.2) is 5.17 Å². The SMILES string of the molecule is CCc1ccccc1NC(=O)Nc1ccc(C2=CSC3=NCCN23)cc1. The summed E-state index contributed by atoms with van der Waals surface area (Å²) in [4.78, 5) is 19.0. The van der Waals surface area contributed by atoms with Gasteiger partial charge in [-0.1, -0.05) is 49.0 Å². The molecule has 0 spiro atoms. The Bertz CT molecular complexity index is 889. The van der Waals surface area contributed by atoms with Crippen LogP contribution in [-0.4, -0.2) is 29.2 Å². The van der Waals surface area contributed by atoms with Crippen molar-refractivity contribution >= 4 is 40.0 Å².